The fraction of sp³-hybridized carbons (Fsp3) is 0.381. The van der Waals surface area contributed by atoms with E-state index in [1.165, 1.54) is 0 Å². The highest BCUT2D eigenvalue weighted by Crippen LogP contribution is 2.29. The van der Waals surface area contributed by atoms with Crippen LogP contribution >= 0.6 is 0 Å². The molecule has 0 saturated carbocycles. The van der Waals surface area contributed by atoms with Crippen molar-refractivity contribution in [2.24, 2.45) is 0 Å². The molecule has 0 aliphatic carbocycles. The second kappa shape index (κ2) is 9.76. The summed E-state index contributed by atoms with van der Waals surface area (Å²) in [6.45, 7) is 6.26. The van der Waals surface area contributed by atoms with Gasteiger partial charge in [-0.2, -0.15) is 0 Å². The predicted molar refractivity (Wildman–Crippen MR) is 99.2 cm³/mol. The van der Waals surface area contributed by atoms with Gasteiger partial charge in [0, 0.05) is 18.7 Å². The highest BCUT2D eigenvalue weighted by molar-refractivity contribution is 5.76. The molecule has 0 bridgehead atoms. The summed E-state index contributed by atoms with van der Waals surface area (Å²) in [6.07, 6.45) is 2.40. The molecule has 3 nitrogen and oxygen atoms in total. The topological polar surface area (TPSA) is 29.5 Å². The van der Waals surface area contributed by atoms with E-state index < -0.39 is 0 Å². The van der Waals surface area contributed by atoms with Gasteiger partial charge in [-0.05, 0) is 24.5 Å². The maximum Gasteiger partial charge on any atom is 0.225 e. The van der Waals surface area contributed by atoms with Crippen molar-refractivity contribution in [3.63, 3.8) is 0 Å². The van der Waals surface area contributed by atoms with Crippen molar-refractivity contribution < 1.29 is 9.53 Å². The van der Waals surface area contributed by atoms with Crippen LogP contribution in [0.25, 0.3) is 11.1 Å². The standard InChI is InChI=1S/C21H27NO2/c1-3-15-22(16-4-2)21(23)14-17-24-20-13-9-8-12-19(20)18-10-6-5-7-11-18/h5-13H,3-4,14-17H2,1-2H3. The van der Waals surface area contributed by atoms with E-state index in [2.05, 4.69) is 26.0 Å². The lowest BCUT2D eigenvalue weighted by molar-refractivity contribution is -0.131. The molecule has 0 radical (unpaired) electrons. The Morgan fingerprint density at radius 1 is 0.917 bits per heavy atom. The molecule has 0 aromatic heterocycles. The lowest BCUT2D eigenvalue weighted by atomic mass is 10.1. The second-order valence-electron chi connectivity index (χ2n) is 5.84. The number of ether oxygens (including phenoxy) is 1. The first-order valence-corrected chi connectivity index (χ1v) is 8.81. The first-order chi connectivity index (χ1) is 11.8. The van der Waals surface area contributed by atoms with Crippen molar-refractivity contribution in [3.8, 4) is 16.9 Å². The van der Waals surface area contributed by atoms with Crippen LogP contribution in [0.1, 0.15) is 33.1 Å². The van der Waals surface area contributed by atoms with Gasteiger partial charge in [-0.25, -0.2) is 0 Å². The Kier molecular flexibility index (Phi) is 7.34. The Morgan fingerprint density at radius 3 is 2.21 bits per heavy atom. The van der Waals surface area contributed by atoms with Crippen molar-refractivity contribution in [2.75, 3.05) is 19.7 Å². The Labute approximate surface area is 145 Å². The molecule has 2 rings (SSSR count). The highest BCUT2D eigenvalue weighted by atomic mass is 16.5. The number of benzene rings is 2. The average molecular weight is 325 g/mol. The van der Waals surface area contributed by atoms with Gasteiger partial charge in [0.1, 0.15) is 5.75 Å². The summed E-state index contributed by atoms with van der Waals surface area (Å²) >= 11 is 0. The zero-order valence-corrected chi connectivity index (χ0v) is 14.7. The quantitative estimate of drug-likeness (QED) is 0.664. The molecule has 0 spiro atoms. The Morgan fingerprint density at radius 2 is 1.54 bits per heavy atom. The number of rotatable bonds is 9. The van der Waals surface area contributed by atoms with Crippen molar-refractivity contribution in [3.05, 3.63) is 54.6 Å². The molecule has 0 heterocycles. The molecule has 2 aromatic carbocycles. The molecule has 24 heavy (non-hydrogen) atoms. The van der Waals surface area contributed by atoms with Crippen LogP contribution in [-0.4, -0.2) is 30.5 Å². The van der Waals surface area contributed by atoms with Crippen molar-refractivity contribution in [2.45, 2.75) is 33.1 Å². The van der Waals surface area contributed by atoms with Crippen LogP contribution in [-0.2, 0) is 4.79 Å². The summed E-state index contributed by atoms with van der Waals surface area (Å²) < 4.78 is 5.92. The zero-order valence-electron chi connectivity index (χ0n) is 14.7. The Hall–Kier alpha value is -2.29. The summed E-state index contributed by atoms with van der Waals surface area (Å²) in [5, 5.41) is 0. The molecule has 2 aromatic rings. The minimum Gasteiger partial charge on any atom is -0.492 e. The van der Waals surface area contributed by atoms with Crippen molar-refractivity contribution in [1.82, 2.24) is 4.90 Å². The van der Waals surface area contributed by atoms with Gasteiger partial charge in [0.15, 0.2) is 0 Å². The summed E-state index contributed by atoms with van der Waals surface area (Å²) in [4.78, 5) is 14.3. The first kappa shape index (κ1) is 18.1. The van der Waals surface area contributed by atoms with E-state index in [0.717, 1.165) is 42.8 Å². The van der Waals surface area contributed by atoms with Crippen LogP contribution in [0.3, 0.4) is 0 Å². The van der Waals surface area contributed by atoms with Gasteiger partial charge in [-0.1, -0.05) is 62.4 Å². The minimum atomic E-state index is 0.177. The fourth-order valence-electron chi connectivity index (χ4n) is 2.76. The molecule has 0 unspecified atom stereocenters. The number of carbonyl (C=O) groups is 1. The van der Waals surface area contributed by atoms with E-state index >= 15 is 0 Å². The maximum absolute atomic E-state index is 12.3. The third kappa shape index (κ3) is 5.12. The van der Waals surface area contributed by atoms with Crippen LogP contribution in [0.15, 0.2) is 54.6 Å². The molecule has 0 saturated heterocycles. The van der Waals surface area contributed by atoms with Crippen molar-refractivity contribution >= 4 is 5.91 Å². The van der Waals surface area contributed by atoms with Crippen LogP contribution in [0, 0.1) is 0 Å². The van der Waals surface area contributed by atoms with E-state index in [-0.39, 0.29) is 5.91 Å². The molecule has 0 atom stereocenters. The highest BCUT2D eigenvalue weighted by Gasteiger charge is 2.12. The summed E-state index contributed by atoms with van der Waals surface area (Å²) in [6, 6.07) is 18.1. The predicted octanol–water partition coefficient (Wildman–Crippen LogP) is 4.77. The van der Waals surface area contributed by atoms with Gasteiger partial charge < -0.3 is 9.64 Å². The lowest BCUT2D eigenvalue weighted by Gasteiger charge is -2.21. The number of amides is 1. The van der Waals surface area contributed by atoms with Gasteiger partial charge >= 0.3 is 0 Å². The molecule has 0 aliphatic rings. The molecular weight excluding hydrogens is 298 g/mol. The third-order valence-electron chi connectivity index (χ3n) is 3.89. The summed E-state index contributed by atoms with van der Waals surface area (Å²) in [5.41, 5.74) is 2.18. The molecule has 0 N–H and O–H groups in total. The van der Waals surface area contributed by atoms with E-state index in [1.807, 2.05) is 47.4 Å². The van der Waals surface area contributed by atoms with Gasteiger partial charge in [0.2, 0.25) is 5.91 Å². The van der Waals surface area contributed by atoms with Gasteiger partial charge in [-0.15, -0.1) is 0 Å². The van der Waals surface area contributed by atoms with Crippen LogP contribution < -0.4 is 4.74 Å². The zero-order chi connectivity index (χ0) is 17.2. The monoisotopic (exact) mass is 325 g/mol. The molecule has 1 amide bonds. The van der Waals surface area contributed by atoms with Crippen molar-refractivity contribution in [1.29, 1.82) is 0 Å². The first-order valence-electron chi connectivity index (χ1n) is 8.81. The number of nitrogens with zero attached hydrogens (tertiary/aromatic N) is 1. The number of hydrogen-bond donors (Lipinski definition) is 0. The van der Waals surface area contributed by atoms with Crippen LogP contribution in [0.2, 0.25) is 0 Å². The number of para-hydroxylation sites is 1. The Balaban J connectivity index is 1.96. The van der Waals surface area contributed by atoms with E-state index in [0.29, 0.717) is 13.0 Å². The minimum absolute atomic E-state index is 0.177. The largest absolute Gasteiger partial charge is 0.492 e. The molecule has 128 valence electrons. The van der Waals surface area contributed by atoms with Gasteiger partial charge in [-0.3, -0.25) is 4.79 Å². The van der Waals surface area contributed by atoms with E-state index in [4.69, 9.17) is 4.74 Å². The molecule has 0 aliphatic heterocycles. The molecule has 0 fully saturated rings. The van der Waals surface area contributed by atoms with E-state index in [1.54, 1.807) is 0 Å². The molecule has 3 heteroatoms. The SMILES string of the molecule is CCCN(CCC)C(=O)CCOc1ccccc1-c1ccccc1. The summed E-state index contributed by atoms with van der Waals surface area (Å²) in [7, 11) is 0. The van der Waals surface area contributed by atoms with Crippen LogP contribution in [0.5, 0.6) is 5.75 Å². The maximum atomic E-state index is 12.3. The fourth-order valence-corrected chi connectivity index (χ4v) is 2.76. The number of carbonyl (C=O) groups excluding carboxylic acids is 1. The third-order valence-corrected chi connectivity index (χ3v) is 3.89. The summed E-state index contributed by atoms with van der Waals surface area (Å²) in [5.74, 6) is 1.00. The smallest absolute Gasteiger partial charge is 0.225 e. The molecular formula is C21H27NO2. The number of hydrogen-bond acceptors (Lipinski definition) is 2. The Bertz CT molecular complexity index is 619. The normalized spacial score (nSPS) is 10.4. The second-order valence-corrected chi connectivity index (χ2v) is 5.84. The lowest BCUT2D eigenvalue weighted by Crippen LogP contribution is -2.33. The van der Waals surface area contributed by atoms with Crippen LogP contribution in [0.4, 0.5) is 0 Å². The average Bonchev–Trinajstić information content (AvgIpc) is 2.62. The van der Waals surface area contributed by atoms with E-state index in [9.17, 15) is 4.79 Å². The van der Waals surface area contributed by atoms with Gasteiger partial charge in [0.05, 0.1) is 13.0 Å². The van der Waals surface area contributed by atoms with Gasteiger partial charge in [0.25, 0.3) is 0 Å².